The van der Waals surface area contributed by atoms with Crippen molar-refractivity contribution in [2.75, 3.05) is 24.5 Å². The van der Waals surface area contributed by atoms with Gasteiger partial charge in [-0.25, -0.2) is 4.79 Å². The van der Waals surface area contributed by atoms with Gasteiger partial charge in [0.25, 0.3) is 0 Å². The van der Waals surface area contributed by atoms with Crippen LogP contribution in [0.1, 0.15) is 57.7 Å². The molecule has 2 unspecified atom stereocenters. The molecule has 0 amide bonds. The first-order chi connectivity index (χ1) is 16.4. The Labute approximate surface area is 201 Å². The Morgan fingerprint density at radius 3 is 2.71 bits per heavy atom. The zero-order valence-corrected chi connectivity index (χ0v) is 20.6. The van der Waals surface area contributed by atoms with E-state index >= 15 is 0 Å². The zero-order valence-electron chi connectivity index (χ0n) is 20.6. The average Bonchev–Trinajstić information content (AvgIpc) is 2.85. The van der Waals surface area contributed by atoms with E-state index in [2.05, 4.69) is 64.8 Å². The molecule has 1 aromatic carbocycles. The maximum absolute atomic E-state index is 12.5. The quantitative estimate of drug-likeness (QED) is 0.615. The number of aromatic amines is 1. The van der Waals surface area contributed by atoms with E-state index < -0.39 is 0 Å². The molecule has 2 N–H and O–H groups in total. The predicted octanol–water partition coefficient (Wildman–Crippen LogP) is 2.36. The molecule has 180 valence electrons. The highest BCUT2D eigenvalue weighted by Crippen LogP contribution is 2.25. The van der Waals surface area contributed by atoms with Crippen LogP contribution in [0.15, 0.2) is 40.7 Å². The molecule has 1 saturated heterocycles. The molecule has 34 heavy (non-hydrogen) atoms. The van der Waals surface area contributed by atoms with Crippen LogP contribution in [0.25, 0.3) is 12.2 Å². The smallest absolute Gasteiger partial charge is 0.347 e. The number of nitrogens with one attached hydrogen (secondary N) is 1. The van der Waals surface area contributed by atoms with E-state index in [9.17, 15) is 9.90 Å². The van der Waals surface area contributed by atoms with E-state index in [-0.39, 0.29) is 24.4 Å². The highest BCUT2D eigenvalue weighted by Gasteiger charge is 2.28. The molecule has 1 aromatic heterocycles. The van der Waals surface area contributed by atoms with Crippen molar-refractivity contribution in [1.29, 1.82) is 5.26 Å². The van der Waals surface area contributed by atoms with Crippen LogP contribution in [-0.4, -0.2) is 45.7 Å². The van der Waals surface area contributed by atoms with Crippen LogP contribution in [-0.2, 0) is 6.61 Å². The number of aromatic nitrogens is 2. The third-order valence-electron chi connectivity index (χ3n) is 6.42. The molecule has 0 saturated carbocycles. The number of aliphatic hydroxyl groups excluding tert-OH is 1. The van der Waals surface area contributed by atoms with E-state index in [0.717, 1.165) is 43.3 Å². The monoisotopic (exact) mass is 461 g/mol. The number of piperazine rings is 1. The summed E-state index contributed by atoms with van der Waals surface area (Å²) in [4.78, 5) is 24.4. The van der Waals surface area contributed by atoms with Gasteiger partial charge in [0.05, 0.1) is 18.0 Å². The number of rotatable bonds is 7. The minimum absolute atomic E-state index is 0.0518. The van der Waals surface area contributed by atoms with Gasteiger partial charge in [-0.1, -0.05) is 43.7 Å². The van der Waals surface area contributed by atoms with Crippen LogP contribution in [0.2, 0.25) is 0 Å². The molecule has 7 heteroatoms. The average molecular weight is 462 g/mol. The first kappa shape index (κ1) is 25.4. The summed E-state index contributed by atoms with van der Waals surface area (Å²) in [5.41, 5.74) is 2.33. The first-order valence-corrected chi connectivity index (χ1v) is 12.0. The minimum Gasteiger partial charge on any atom is -0.392 e. The summed E-state index contributed by atoms with van der Waals surface area (Å²) in [5.74, 6) is 0.707. The minimum atomic E-state index is -0.384. The van der Waals surface area contributed by atoms with E-state index in [1.54, 1.807) is 19.1 Å². The molecule has 2 aromatic rings. The lowest BCUT2D eigenvalue weighted by Crippen LogP contribution is -2.55. The highest BCUT2D eigenvalue weighted by molar-refractivity contribution is 5.50. The van der Waals surface area contributed by atoms with E-state index in [0.29, 0.717) is 16.7 Å². The highest BCUT2D eigenvalue weighted by atomic mass is 16.3. The summed E-state index contributed by atoms with van der Waals surface area (Å²) in [6, 6.07) is 10.7. The van der Waals surface area contributed by atoms with Crippen molar-refractivity contribution in [2.24, 2.45) is 0 Å². The molecule has 2 atom stereocenters. The summed E-state index contributed by atoms with van der Waals surface area (Å²) in [5, 5.41) is 20.0. The second kappa shape index (κ2) is 11.8. The van der Waals surface area contributed by atoms with E-state index in [1.807, 2.05) is 12.1 Å². The number of hydrogen-bond acceptors (Lipinski definition) is 6. The van der Waals surface area contributed by atoms with E-state index in [1.165, 1.54) is 5.56 Å². The number of aliphatic hydroxyl groups is 1. The molecule has 0 spiro atoms. The van der Waals surface area contributed by atoms with Crippen LogP contribution >= 0.6 is 0 Å². The Kier molecular flexibility index (Phi) is 8.80. The Hall–Kier alpha value is -3.21. The molecular formula is C27H35N5O2. The van der Waals surface area contributed by atoms with Crippen molar-refractivity contribution >= 4 is 18.0 Å². The topological polar surface area (TPSA) is 96.2 Å². The number of nitriles is 1. The molecule has 0 radical (unpaired) electrons. The van der Waals surface area contributed by atoms with Gasteiger partial charge in [-0.3, -0.25) is 4.90 Å². The lowest BCUT2D eigenvalue weighted by molar-refractivity contribution is 0.175. The van der Waals surface area contributed by atoms with Gasteiger partial charge in [-0.2, -0.15) is 10.2 Å². The van der Waals surface area contributed by atoms with Crippen LogP contribution in [0, 0.1) is 11.3 Å². The summed E-state index contributed by atoms with van der Waals surface area (Å²) < 4.78 is 0. The first-order valence-electron chi connectivity index (χ1n) is 12.0. The molecule has 1 fully saturated rings. The predicted molar refractivity (Wildman–Crippen MR) is 136 cm³/mol. The fourth-order valence-electron chi connectivity index (χ4n) is 4.34. The van der Waals surface area contributed by atoms with Gasteiger partial charge in [-0.05, 0) is 50.5 Å². The Bertz CT molecular complexity index is 1220. The summed E-state index contributed by atoms with van der Waals surface area (Å²) >= 11 is 0. The van der Waals surface area contributed by atoms with Gasteiger partial charge in [0.15, 0.2) is 0 Å². The zero-order chi connectivity index (χ0) is 24.7. The van der Waals surface area contributed by atoms with Gasteiger partial charge in [0, 0.05) is 42.5 Å². The molecule has 0 aliphatic carbocycles. The Morgan fingerprint density at radius 1 is 1.35 bits per heavy atom. The number of allylic oxidation sites excluding steroid dienone is 2. The number of unbranched alkanes of at least 4 members (excludes halogenated alkanes) is 1. The van der Waals surface area contributed by atoms with Gasteiger partial charge >= 0.3 is 5.69 Å². The van der Waals surface area contributed by atoms with Crippen molar-refractivity contribution < 1.29 is 5.11 Å². The maximum atomic E-state index is 12.5. The van der Waals surface area contributed by atoms with Crippen molar-refractivity contribution in [3.05, 3.63) is 68.1 Å². The standard InChI is InChI=1S/C27H35N5O2/c1-5-6-7-24-25(13-8-19(2)16-28)29-27(34)30-26(24)32-15-14-31(17-20(32)3)21(4)23-11-9-22(18-33)10-12-23/h7-13,20-21,33H,5-6,14-15,17-18H2,1-4H3,(H,29,34)/b19-8+,24-7-,25-13+. The van der Waals surface area contributed by atoms with Gasteiger partial charge < -0.3 is 15.0 Å². The lowest BCUT2D eigenvalue weighted by atomic mass is 10.0. The normalized spacial score (nSPS) is 19.4. The molecule has 7 nitrogen and oxygen atoms in total. The van der Waals surface area contributed by atoms with Gasteiger partial charge in [0.2, 0.25) is 0 Å². The molecule has 1 aliphatic heterocycles. The SMILES string of the molecule is CCC\C=c1/c(N2CCN(C(C)c3ccc(CO)cc3)CC2C)nc(=O)[nH]/c1=C/C=C(\C)C#N. The lowest BCUT2D eigenvalue weighted by Gasteiger charge is -2.43. The number of anilines is 1. The number of nitrogens with zero attached hydrogens (tertiary/aromatic N) is 4. The Balaban J connectivity index is 1.92. The molecule has 0 bridgehead atoms. The fraction of sp³-hybridized carbons (Fsp3) is 0.444. The molecule has 3 rings (SSSR count). The Morgan fingerprint density at radius 2 is 2.09 bits per heavy atom. The van der Waals surface area contributed by atoms with Crippen LogP contribution in [0.4, 0.5) is 5.82 Å². The van der Waals surface area contributed by atoms with Gasteiger partial charge in [0.1, 0.15) is 5.82 Å². The second-order valence-electron chi connectivity index (χ2n) is 8.93. The van der Waals surface area contributed by atoms with Crippen molar-refractivity contribution in [3.8, 4) is 6.07 Å². The number of benzene rings is 1. The summed E-state index contributed by atoms with van der Waals surface area (Å²) in [7, 11) is 0. The van der Waals surface area contributed by atoms with Crippen LogP contribution in [0.3, 0.4) is 0 Å². The van der Waals surface area contributed by atoms with E-state index in [4.69, 9.17) is 5.26 Å². The second-order valence-corrected chi connectivity index (χ2v) is 8.93. The number of H-pyrrole nitrogens is 1. The summed E-state index contributed by atoms with van der Waals surface area (Å²) in [6.45, 7) is 10.7. The third-order valence-corrected chi connectivity index (χ3v) is 6.42. The van der Waals surface area contributed by atoms with Crippen molar-refractivity contribution in [1.82, 2.24) is 14.9 Å². The van der Waals surface area contributed by atoms with Crippen LogP contribution < -0.4 is 21.2 Å². The van der Waals surface area contributed by atoms with Gasteiger partial charge in [-0.15, -0.1) is 0 Å². The summed E-state index contributed by atoms with van der Waals surface area (Å²) in [6.07, 6.45) is 7.51. The van der Waals surface area contributed by atoms with Crippen molar-refractivity contribution in [3.63, 3.8) is 0 Å². The maximum Gasteiger partial charge on any atom is 0.347 e. The molecule has 1 aliphatic rings. The van der Waals surface area contributed by atoms with Crippen LogP contribution in [0.5, 0.6) is 0 Å². The fourth-order valence-corrected chi connectivity index (χ4v) is 4.34. The number of hydrogen-bond donors (Lipinski definition) is 2. The molecular weight excluding hydrogens is 426 g/mol. The largest absolute Gasteiger partial charge is 0.392 e. The molecule has 2 heterocycles. The van der Waals surface area contributed by atoms with Crippen molar-refractivity contribution in [2.45, 2.75) is 59.2 Å². The third kappa shape index (κ3) is 6.02.